The van der Waals surface area contributed by atoms with Crippen LogP contribution >= 0.6 is 23.7 Å². The van der Waals surface area contributed by atoms with E-state index in [1.165, 1.54) is 18.1 Å². The molecule has 0 atom stereocenters. The highest BCUT2D eigenvalue weighted by Gasteiger charge is 2.23. The highest BCUT2D eigenvalue weighted by atomic mass is 32.2. The standard InChI is InChI=1S/C24H28N6O3S2/c1-14-6-7-16(33-14)15-10-17-18(32-13-31-17)11-19(15)35-23-28-20-21(25)26-12-27-22(20)30(23)8-5-9-34-29-24(2,3)4/h6-7,10-12,29H,5,8-9,13H2,1-4H3,(H2,25,26,27). The maximum absolute atomic E-state index is 6.15. The number of benzene rings is 1. The first-order valence-electron chi connectivity index (χ1n) is 11.3. The van der Waals surface area contributed by atoms with E-state index >= 15 is 0 Å². The molecule has 1 aliphatic rings. The lowest BCUT2D eigenvalue weighted by atomic mass is 10.1. The van der Waals surface area contributed by atoms with Gasteiger partial charge in [-0.3, -0.25) is 4.72 Å². The van der Waals surface area contributed by atoms with E-state index in [9.17, 15) is 0 Å². The molecule has 5 rings (SSSR count). The second-order valence-electron chi connectivity index (χ2n) is 9.25. The quantitative estimate of drug-likeness (QED) is 0.239. The predicted molar refractivity (Wildman–Crippen MR) is 139 cm³/mol. The maximum atomic E-state index is 6.15. The maximum Gasteiger partial charge on any atom is 0.231 e. The molecule has 1 aromatic carbocycles. The van der Waals surface area contributed by atoms with Gasteiger partial charge in [-0.25, -0.2) is 15.0 Å². The van der Waals surface area contributed by atoms with E-state index in [0.717, 1.165) is 51.5 Å². The molecule has 4 aromatic rings. The van der Waals surface area contributed by atoms with Crippen LogP contribution in [0.4, 0.5) is 5.82 Å². The highest BCUT2D eigenvalue weighted by molar-refractivity contribution is 7.99. The summed E-state index contributed by atoms with van der Waals surface area (Å²) >= 11 is 3.25. The Bertz CT molecular complexity index is 1360. The zero-order valence-corrected chi connectivity index (χ0v) is 21.8. The number of aromatic nitrogens is 4. The molecule has 184 valence electrons. The second-order valence-corrected chi connectivity index (χ2v) is 11.2. The van der Waals surface area contributed by atoms with Crippen LogP contribution in [-0.2, 0) is 6.54 Å². The third-order valence-electron chi connectivity index (χ3n) is 5.21. The summed E-state index contributed by atoms with van der Waals surface area (Å²) in [5.41, 5.74) is 8.46. The first-order valence-corrected chi connectivity index (χ1v) is 13.1. The summed E-state index contributed by atoms with van der Waals surface area (Å²) in [5, 5.41) is 0.782. The van der Waals surface area contributed by atoms with Crippen LogP contribution in [0.5, 0.6) is 11.5 Å². The van der Waals surface area contributed by atoms with Gasteiger partial charge in [0.25, 0.3) is 0 Å². The Hall–Kier alpha value is -2.89. The lowest BCUT2D eigenvalue weighted by Gasteiger charge is -2.19. The minimum absolute atomic E-state index is 0.0645. The number of nitrogens with one attached hydrogen (secondary N) is 1. The third-order valence-corrected chi connectivity index (χ3v) is 7.52. The summed E-state index contributed by atoms with van der Waals surface area (Å²) in [6.07, 6.45) is 2.42. The van der Waals surface area contributed by atoms with Crippen molar-refractivity contribution in [1.82, 2.24) is 24.2 Å². The molecule has 3 N–H and O–H groups in total. The fraction of sp³-hybridized carbons (Fsp3) is 0.375. The van der Waals surface area contributed by atoms with Crippen LogP contribution < -0.4 is 19.9 Å². The van der Waals surface area contributed by atoms with Crippen molar-refractivity contribution >= 4 is 40.7 Å². The highest BCUT2D eigenvalue weighted by Crippen LogP contribution is 2.45. The van der Waals surface area contributed by atoms with Gasteiger partial charge in [-0.15, -0.1) is 0 Å². The van der Waals surface area contributed by atoms with Crippen molar-refractivity contribution in [3.05, 3.63) is 36.4 Å². The van der Waals surface area contributed by atoms with Crippen LogP contribution in [0.25, 0.3) is 22.5 Å². The van der Waals surface area contributed by atoms with Gasteiger partial charge in [0.1, 0.15) is 17.8 Å². The molecule has 0 bridgehead atoms. The lowest BCUT2D eigenvalue weighted by Crippen LogP contribution is -2.30. The molecule has 0 saturated carbocycles. The van der Waals surface area contributed by atoms with Crippen LogP contribution in [0.2, 0.25) is 0 Å². The van der Waals surface area contributed by atoms with Crippen LogP contribution in [0.3, 0.4) is 0 Å². The number of rotatable bonds is 8. The van der Waals surface area contributed by atoms with Crippen LogP contribution in [-0.4, -0.2) is 37.6 Å². The number of anilines is 1. The molecule has 0 saturated heterocycles. The predicted octanol–water partition coefficient (Wildman–Crippen LogP) is 5.28. The number of furan rings is 1. The van der Waals surface area contributed by atoms with Gasteiger partial charge in [-0.1, -0.05) is 23.7 Å². The molecule has 0 radical (unpaired) electrons. The van der Waals surface area contributed by atoms with E-state index in [-0.39, 0.29) is 12.3 Å². The molecule has 0 fully saturated rings. The topological polar surface area (TPSA) is 113 Å². The lowest BCUT2D eigenvalue weighted by molar-refractivity contribution is 0.174. The number of hydrogen-bond donors (Lipinski definition) is 2. The number of hydrogen-bond acceptors (Lipinski definition) is 10. The zero-order chi connectivity index (χ0) is 24.6. The molecular weight excluding hydrogens is 484 g/mol. The van der Waals surface area contributed by atoms with Gasteiger partial charge < -0.3 is 24.2 Å². The summed E-state index contributed by atoms with van der Waals surface area (Å²) in [4.78, 5) is 14.4. The van der Waals surface area contributed by atoms with Crippen molar-refractivity contribution in [2.24, 2.45) is 0 Å². The van der Waals surface area contributed by atoms with E-state index < -0.39 is 0 Å². The van der Waals surface area contributed by atoms with E-state index in [0.29, 0.717) is 22.8 Å². The number of nitrogens with zero attached hydrogens (tertiary/aromatic N) is 4. The third kappa shape index (κ3) is 5.21. The minimum Gasteiger partial charge on any atom is -0.461 e. The van der Waals surface area contributed by atoms with Gasteiger partial charge in [0, 0.05) is 28.3 Å². The Morgan fingerprint density at radius 3 is 2.69 bits per heavy atom. The molecule has 11 heteroatoms. The van der Waals surface area contributed by atoms with Gasteiger partial charge in [-0.05, 0) is 58.4 Å². The van der Waals surface area contributed by atoms with Gasteiger partial charge in [0.2, 0.25) is 6.79 Å². The fourth-order valence-corrected chi connectivity index (χ4v) is 5.52. The number of nitrogens with two attached hydrogens (primary N) is 1. The van der Waals surface area contributed by atoms with Gasteiger partial charge in [0.05, 0.1) is 0 Å². The summed E-state index contributed by atoms with van der Waals surface area (Å²) in [5.74, 6) is 4.31. The first kappa shape index (κ1) is 23.8. The Morgan fingerprint density at radius 1 is 1.14 bits per heavy atom. The van der Waals surface area contributed by atoms with Crippen molar-refractivity contribution in [3.8, 4) is 22.8 Å². The second kappa shape index (κ2) is 9.63. The summed E-state index contributed by atoms with van der Waals surface area (Å²) < 4.78 is 22.8. The number of imidazole rings is 1. The van der Waals surface area contributed by atoms with Crippen molar-refractivity contribution in [1.29, 1.82) is 0 Å². The molecule has 1 aliphatic heterocycles. The molecule has 3 aromatic heterocycles. The fourth-order valence-electron chi connectivity index (χ4n) is 3.65. The Kier molecular flexibility index (Phi) is 6.56. The van der Waals surface area contributed by atoms with Crippen LogP contribution in [0.15, 0.2) is 45.1 Å². The SMILES string of the molecule is Cc1ccc(-c2cc3c(cc2Sc2nc4c(N)ncnc4n2CCCSNC(C)(C)C)OCO3)o1. The molecule has 0 unspecified atom stereocenters. The van der Waals surface area contributed by atoms with Crippen molar-refractivity contribution in [2.75, 3.05) is 18.3 Å². The molecule has 0 aliphatic carbocycles. The normalized spacial score (nSPS) is 13.1. The summed E-state index contributed by atoms with van der Waals surface area (Å²) in [6.45, 7) is 9.33. The van der Waals surface area contributed by atoms with E-state index in [1.807, 2.05) is 31.2 Å². The van der Waals surface area contributed by atoms with E-state index in [1.54, 1.807) is 11.9 Å². The summed E-state index contributed by atoms with van der Waals surface area (Å²) in [6, 6.07) is 7.84. The smallest absolute Gasteiger partial charge is 0.231 e. The Morgan fingerprint density at radius 2 is 1.94 bits per heavy atom. The Labute approximate surface area is 212 Å². The molecule has 35 heavy (non-hydrogen) atoms. The molecular formula is C24H28N6O3S2. The van der Waals surface area contributed by atoms with Crippen molar-refractivity contribution in [3.63, 3.8) is 0 Å². The van der Waals surface area contributed by atoms with Gasteiger partial charge >= 0.3 is 0 Å². The van der Waals surface area contributed by atoms with E-state index in [2.05, 4.69) is 40.0 Å². The van der Waals surface area contributed by atoms with Crippen LogP contribution in [0.1, 0.15) is 33.0 Å². The van der Waals surface area contributed by atoms with Crippen LogP contribution in [0, 0.1) is 6.92 Å². The number of aryl methyl sites for hydroxylation is 2. The van der Waals surface area contributed by atoms with E-state index in [4.69, 9.17) is 24.6 Å². The summed E-state index contributed by atoms with van der Waals surface area (Å²) in [7, 11) is 0. The number of nitrogen functional groups attached to an aromatic ring is 1. The average Bonchev–Trinajstić information content (AvgIpc) is 3.52. The van der Waals surface area contributed by atoms with Gasteiger partial charge in [0.15, 0.2) is 33.6 Å². The monoisotopic (exact) mass is 512 g/mol. The largest absolute Gasteiger partial charge is 0.461 e. The molecule has 4 heterocycles. The Balaban J connectivity index is 1.48. The zero-order valence-electron chi connectivity index (χ0n) is 20.1. The first-order chi connectivity index (χ1) is 16.8. The van der Waals surface area contributed by atoms with Gasteiger partial charge in [-0.2, -0.15) is 0 Å². The molecule has 9 nitrogen and oxygen atoms in total. The number of ether oxygens (including phenoxy) is 2. The van der Waals surface area contributed by atoms with Crippen molar-refractivity contribution in [2.45, 2.75) is 56.3 Å². The molecule has 0 spiro atoms. The molecule has 0 amide bonds. The number of fused-ring (bicyclic) bond motifs is 2. The minimum atomic E-state index is 0.0645. The van der Waals surface area contributed by atoms with Crippen molar-refractivity contribution < 1.29 is 13.9 Å². The average molecular weight is 513 g/mol.